The third kappa shape index (κ3) is 3.32. The number of hydrogen-bond donors (Lipinski definition) is 2. The van der Waals surface area contributed by atoms with Crippen LogP contribution in [0.1, 0.15) is 39.5 Å². The van der Waals surface area contributed by atoms with Crippen LogP contribution >= 0.6 is 0 Å². The van der Waals surface area contributed by atoms with Crippen molar-refractivity contribution in [2.24, 2.45) is 5.92 Å². The Hall–Kier alpha value is -1.32. The van der Waals surface area contributed by atoms with Gasteiger partial charge in [0.25, 0.3) is 0 Å². The van der Waals surface area contributed by atoms with Crippen molar-refractivity contribution < 1.29 is 0 Å². The third-order valence-electron chi connectivity index (χ3n) is 3.47. The standard InChI is InChI=1S/C13H22N4/c1-3-14-13-15-9-8-12(17-13)16-10(2)11-6-4-5-7-11/h8-11H,3-7H2,1-2H3,(H2,14,15,16,17). The van der Waals surface area contributed by atoms with E-state index in [-0.39, 0.29) is 0 Å². The Bertz CT molecular complexity index is 347. The molecule has 1 saturated carbocycles. The molecule has 0 bridgehead atoms. The van der Waals surface area contributed by atoms with Crippen molar-refractivity contribution in [3.8, 4) is 0 Å². The van der Waals surface area contributed by atoms with Crippen LogP contribution in [0, 0.1) is 5.92 Å². The first kappa shape index (κ1) is 12.1. The molecule has 1 unspecified atom stereocenters. The van der Waals surface area contributed by atoms with Gasteiger partial charge in [-0.05, 0) is 38.7 Å². The molecule has 1 fully saturated rings. The maximum absolute atomic E-state index is 4.44. The van der Waals surface area contributed by atoms with Crippen LogP contribution in [-0.4, -0.2) is 22.6 Å². The van der Waals surface area contributed by atoms with Crippen molar-refractivity contribution in [1.82, 2.24) is 9.97 Å². The van der Waals surface area contributed by atoms with E-state index in [1.165, 1.54) is 25.7 Å². The van der Waals surface area contributed by atoms with Crippen LogP contribution in [0.15, 0.2) is 12.3 Å². The van der Waals surface area contributed by atoms with E-state index in [0.29, 0.717) is 12.0 Å². The Morgan fingerprint density at radius 2 is 2.18 bits per heavy atom. The third-order valence-corrected chi connectivity index (χ3v) is 3.47. The second-order valence-corrected chi connectivity index (χ2v) is 4.77. The summed E-state index contributed by atoms with van der Waals surface area (Å²) in [5.74, 6) is 2.43. The quantitative estimate of drug-likeness (QED) is 0.822. The summed E-state index contributed by atoms with van der Waals surface area (Å²) in [5, 5.41) is 6.62. The summed E-state index contributed by atoms with van der Waals surface area (Å²) in [4.78, 5) is 8.61. The fourth-order valence-corrected chi connectivity index (χ4v) is 2.49. The van der Waals surface area contributed by atoms with Crippen LogP contribution in [0.4, 0.5) is 11.8 Å². The van der Waals surface area contributed by atoms with Gasteiger partial charge in [0.05, 0.1) is 0 Å². The van der Waals surface area contributed by atoms with Gasteiger partial charge in [0.2, 0.25) is 5.95 Å². The summed E-state index contributed by atoms with van der Waals surface area (Å²) in [6.07, 6.45) is 7.25. The second-order valence-electron chi connectivity index (χ2n) is 4.77. The maximum Gasteiger partial charge on any atom is 0.224 e. The van der Waals surface area contributed by atoms with Crippen molar-refractivity contribution in [3.63, 3.8) is 0 Å². The van der Waals surface area contributed by atoms with E-state index in [1.54, 1.807) is 6.20 Å². The summed E-state index contributed by atoms with van der Waals surface area (Å²) in [7, 11) is 0. The molecule has 94 valence electrons. The van der Waals surface area contributed by atoms with Crippen molar-refractivity contribution in [2.75, 3.05) is 17.2 Å². The predicted molar refractivity (Wildman–Crippen MR) is 71.2 cm³/mol. The number of anilines is 2. The molecule has 0 spiro atoms. The molecular formula is C13H22N4. The van der Waals surface area contributed by atoms with E-state index in [2.05, 4.69) is 27.5 Å². The molecule has 4 nitrogen and oxygen atoms in total. The van der Waals surface area contributed by atoms with E-state index in [0.717, 1.165) is 18.3 Å². The molecule has 4 heteroatoms. The first-order chi connectivity index (χ1) is 8.29. The molecule has 2 N–H and O–H groups in total. The van der Waals surface area contributed by atoms with E-state index in [9.17, 15) is 0 Å². The largest absolute Gasteiger partial charge is 0.367 e. The first-order valence-corrected chi connectivity index (χ1v) is 6.63. The summed E-state index contributed by atoms with van der Waals surface area (Å²) < 4.78 is 0. The Kier molecular flexibility index (Phi) is 4.18. The molecule has 1 aliphatic rings. The molecule has 0 aliphatic heterocycles. The fourth-order valence-electron chi connectivity index (χ4n) is 2.49. The lowest BCUT2D eigenvalue weighted by Crippen LogP contribution is -2.24. The van der Waals surface area contributed by atoms with Crippen molar-refractivity contribution in [1.29, 1.82) is 0 Å². The number of hydrogen-bond acceptors (Lipinski definition) is 4. The van der Waals surface area contributed by atoms with Crippen LogP contribution < -0.4 is 10.6 Å². The SMILES string of the molecule is CCNc1nccc(NC(C)C2CCCC2)n1. The van der Waals surface area contributed by atoms with Crippen LogP contribution in [0.5, 0.6) is 0 Å². The fraction of sp³-hybridized carbons (Fsp3) is 0.692. The van der Waals surface area contributed by atoms with Gasteiger partial charge in [-0.2, -0.15) is 4.98 Å². The summed E-state index contributed by atoms with van der Waals surface area (Å²) >= 11 is 0. The molecule has 1 aromatic heterocycles. The van der Waals surface area contributed by atoms with Gasteiger partial charge in [-0.15, -0.1) is 0 Å². The van der Waals surface area contributed by atoms with Gasteiger partial charge in [-0.25, -0.2) is 4.98 Å². The van der Waals surface area contributed by atoms with Gasteiger partial charge in [0, 0.05) is 18.8 Å². The number of nitrogens with zero attached hydrogens (tertiary/aromatic N) is 2. The van der Waals surface area contributed by atoms with Gasteiger partial charge in [0.1, 0.15) is 5.82 Å². The Morgan fingerprint density at radius 3 is 2.88 bits per heavy atom. The lowest BCUT2D eigenvalue weighted by molar-refractivity contribution is 0.481. The van der Waals surface area contributed by atoms with E-state index in [1.807, 2.05) is 13.0 Å². The minimum atomic E-state index is 0.502. The van der Waals surface area contributed by atoms with Crippen LogP contribution in [-0.2, 0) is 0 Å². The van der Waals surface area contributed by atoms with E-state index in [4.69, 9.17) is 0 Å². The minimum Gasteiger partial charge on any atom is -0.367 e. The molecule has 0 saturated heterocycles. The summed E-state index contributed by atoms with van der Waals surface area (Å²) in [6.45, 7) is 5.15. The van der Waals surface area contributed by atoms with Crippen molar-refractivity contribution in [3.05, 3.63) is 12.3 Å². The average molecular weight is 234 g/mol. The van der Waals surface area contributed by atoms with E-state index < -0.39 is 0 Å². The minimum absolute atomic E-state index is 0.502. The molecule has 2 rings (SSSR count). The summed E-state index contributed by atoms with van der Waals surface area (Å²) in [5.41, 5.74) is 0. The smallest absolute Gasteiger partial charge is 0.224 e. The molecular weight excluding hydrogens is 212 g/mol. The number of rotatable bonds is 5. The highest BCUT2D eigenvalue weighted by molar-refractivity contribution is 5.40. The average Bonchev–Trinajstić information content (AvgIpc) is 2.83. The zero-order chi connectivity index (χ0) is 12.1. The van der Waals surface area contributed by atoms with Crippen molar-refractivity contribution >= 4 is 11.8 Å². The highest BCUT2D eigenvalue weighted by atomic mass is 15.1. The Labute approximate surface area is 103 Å². The predicted octanol–water partition coefficient (Wildman–Crippen LogP) is 2.90. The first-order valence-electron chi connectivity index (χ1n) is 6.63. The second kappa shape index (κ2) is 5.84. The molecule has 17 heavy (non-hydrogen) atoms. The Balaban J connectivity index is 1.94. The van der Waals surface area contributed by atoms with Crippen molar-refractivity contribution in [2.45, 2.75) is 45.6 Å². The molecule has 1 atom stereocenters. The molecule has 0 aromatic carbocycles. The summed E-state index contributed by atoms with van der Waals surface area (Å²) in [6, 6.07) is 2.44. The van der Waals surface area contributed by atoms with Crippen LogP contribution in [0.3, 0.4) is 0 Å². The zero-order valence-corrected chi connectivity index (χ0v) is 10.7. The number of nitrogens with one attached hydrogen (secondary N) is 2. The monoisotopic (exact) mass is 234 g/mol. The topological polar surface area (TPSA) is 49.8 Å². The molecule has 1 heterocycles. The molecule has 0 radical (unpaired) electrons. The van der Waals surface area contributed by atoms with E-state index >= 15 is 0 Å². The van der Waals surface area contributed by atoms with Crippen LogP contribution in [0.2, 0.25) is 0 Å². The Morgan fingerprint density at radius 1 is 1.41 bits per heavy atom. The maximum atomic E-state index is 4.44. The molecule has 1 aromatic rings. The van der Waals surface area contributed by atoms with Gasteiger partial charge >= 0.3 is 0 Å². The van der Waals surface area contributed by atoms with Gasteiger partial charge < -0.3 is 10.6 Å². The van der Waals surface area contributed by atoms with Crippen LogP contribution in [0.25, 0.3) is 0 Å². The highest BCUT2D eigenvalue weighted by Gasteiger charge is 2.21. The normalized spacial score (nSPS) is 18.0. The number of aromatic nitrogens is 2. The lowest BCUT2D eigenvalue weighted by atomic mass is 10.00. The van der Waals surface area contributed by atoms with Gasteiger partial charge in [-0.3, -0.25) is 0 Å². The van der Waals surface area contributed by atoms with Gasteiger partial charge in [-0.1, -0.05) is 12.8 Å². The van der Waals surface area contributed by atoms with Gasteiger partial charge in [0.15, 0.2) is 0 Å². The molecule has 1 aliphatic carbocycles. The lowest BCUT2D eigenvalue weighted by Gasteiger charge is -2.21. The zero-order valence-electron chi connectivity index (χ0n) is 10.7. The molecule has 0 amide bonds. The highest BCUT2D eigenvalue weighted by Crippen LogP contribution is 2.28.